The standard InChI is InChI=1S/C20H27N3O2.HI/c1-15-8-9-19(25-4)17(12-15)10-11-22-20(21-2)23-14-16-6-5-7-18(13-16)24-3;/h5-9,12-13H,10-11,14H2,1-4H3,(H2,21,22,23);1H. The molecule has 0 aliphatic rings. The van der Waals surface area contributed by atoms with Crippen LogP contribution in [0.25, 0.3) is 0 Å². The minimum absolute atomic E-state index is 0. The molecule has 0 saturated heterocycles. The SMILES string of the molecule is CN=C(NCCc1cc(C)ccc1OC)NCc1cccc(OC)c1.I. The normalized spacial score (nSPS) is 10.7. The lowest BCUT2D eigenvalue weighted by Crippen LogP contribution is -2.37. The van der Waals surface area contributed by atoms with Gasteiger partial charge in [0, 0.05) is 20.1 Å². The van der Waals surface area contributed by atoms with Crippen LogP contribution in [-0.4, -0.2) is 33.8 Å². The first-order valence-electron chi connectivity index (χ1n) is 8.37. The maximum absolute atomic E-state index is 5.43. The molecule has 0 heterocycles. The second-order valence-electron chi connectivity index (χ2n) is 5.77. The van der Waals surface area contributed by atoms with E-state index in [1.165, 1.54) is 11.1 Å². The molecule has 0 spiro atoms. The van der Waals surface area contributed by atoms with Crippen molar-refractivity contribution in [3.05, 3.63) is 59.2 Å². The summed E-state index contributed by atoms with van der Waals surface area (Å²) in [4.78, 5) is 4.27. The lowest BCUT2D eigenvalue weighted by Gasteiger charge is -2.14. The van der Waals surface area contributed by atoms with E-state index in [2.05, 4.69) is 40.7 Å². The van der Waals surface area contributed by atoms with E-state index < -0.39 is 0 Å². The summed E-state index contributed by atoms with van der Waals surface area (Å²) in [5.41, 5.74) is 3.57. The number of rotatable bonds is 7. The van der Waals surface area contributed by atoms with E-state index in [-0.39, 0.29) is 24.0 Å². The van der Waals surface area contributed by atoms with E-state index in [1.54, 1.807) is 21.3 Å². The van der Waals surface area contributed by atoms with Crippen molar-refractivity contribution in [1.82, 2.24) is 10.6 Å². The zero-order valence-electron chi connectivity index (χ0n) is 15.8. The Labute approximate surface area is 173 Å². The molecule has 5 nitrogen and oxygen atoms in total. The van der Waals surface area contributed by atoms with E-state index >= 15 is 0 Å². The van der Waals surface area contributed by atoms with Crippen molar-refractivity contribution in [3.8, 4) is 11.5 Å². The molecule has 2 N–H and O–H groups in total. The molecule has 2 rings (SSSR count). The highest BCUT2D eigenvalue weighted by molar-refractivity contribution is 14.0. The second-order valence-corrected chi connectivity index (χ2v) is 5.77. The number of guanidine groups is 1. The Morgan fingerprint density at radius 2 is 1.85 bits per heavy atom. The maximum Gasteiger partial charge on any atom is 0.191 e. The van der Waals surface area contributed by atoms with Gasteiger partial charge in [0.25, 0.3) is 0 Å². The highest BCUT2D eigenvalue weighted by Crippen LogP contribution is 2.19. The first-order chi connectivity index (χ1) is 12.2. The lowest BCUT2D eigenvalue weighted by atomic mass is 10.1. The van der Waals surface area contributed by atoms with Crippen molar-refractivity contribution >= 4 is 29.9 Å². The van der Waals surface area contributed by atoms with E-state index in [0.29, 0.717) is 6.54 Å². The quantitative estimate of drug-likeness (QED) is 0.370. The Balaban J connectivity index is 0.00000338. The van der Waals surface area contributed by atoms with Crippen molar-refractivity contribution in [2.24, 2.45) is 4.99 Å². The molecular weight excluding hydrogens is 441 g/mol. The third-order valence-corrected chi connectivity index (χ3v) is 3.94. The van der Waals surface area contributed by atoms with Gasteiger partial charge in [0.05, 0.1) is 14.2 Å². The number of nitrogens with zero attached hydrogens (tertiary/aromatic N) is 1. The summed E-state index contributed by atoms with van der Waals surface area (Å²) in [6, 6.07) is 14.2. The van der Waals surface area contributed by atoms with Gasteiger partial charge in [0.1, 0.15) is 11.5 Å². The number of hydrogen-bond donors (Lipinski definition) is 2. The molecule has 26 heavy (non-hydrogen) atoms. The number of aliphatic imine (C=N–C) groups is 1. The summed E-state index contributed by atoms with van der Waals surface area (Å²) in [5, 5.41) is 6.65. The van der Waals surface area contributed by atoms with Gasteiger partial charge in [-0.15, -0.1) is 24.0 Å². The van der Waals surface area contributed by atoms with Gasteiger partial charge < -0.3 is 20.1 Å². The fourth-order valence-electron chi connectivity index (χ4n) is 2.61. The average Bonchev–Trinajstić information content (AvgIpc) is 2.64. The predicted molar refractivity (Wildman–Crippen MR) is 118 cm³/mol. The topological polar surface area (TPSA) is 54.9 Å². The molecule has 142 valence electrons. The summed E-state index contributed by atoms with van der Waals surface area (Å²) in [6.07, 6.45) is 0.866. The largest absolute Gasteiger partial charge is 0.497 e. The first-order valence-corrected chi connectivity index (χ1v) is 8.37. The summed E-state index contributed by atoms with van der Waals surface area (Å²) in [6.45, 7) is 3.55. The molecule has 0 saturated carbocycles. The minimum atomic E-state index is 0. The number of ether oxygens (including phenoxy) is 2. The van der Waals surface area contributed by atoms with Crippen LogP contribution in [0.15, 0.2) is 47.5 Å². The summed E-state index contributed by atoms with van der Waals surface area (Å²) in [5.74, 6) is 2.55. The number of halogens is 1. The van der Waals surface area contributed by atoms with Gasteiger partial charge in [0.2, 0.25) is 0 Å². The Hall–Kier alpha value is -1.96. The lowest BCUT2D eigenvalue weighted by molar-refractivity contribution is 0.409. The van der Waals surface area contributed by atoms with Crippen LogP contribution in [-0.2, 0) is 13.0 Å². The zero-order chi connectivity index (χ0) is 18.1. The first kappa shape index (κ1) is 22.1. The summed E-state index contributed by atoms with van der Waals surface area (Å²) < 4.78 is 10.7. The molecule has 2 aromatic rings. The Bertz CT molecular complexity index is 720. The van der Waals surface area contributed by atoms with Gasteiger partial charge in [-0.25, -0.2) is 0 Å². The van der Waals surface area contributed by atoms with E-state index in [0.717, 1.165) is 36.0 Å². The van der Waals surface area contributed by atoms with Crippen molar-refractivity contribution in [1.29, 1.82) is 0 Å². The molecule has 0 amide bonds. The van der Waals surface area contributed by atoms with Crippen molar-refractivity contribution in [2.75, 3.05) is 27.8 Å². The van der Waals surface area contributed by atoms with Crippen molar-refractivity contribution < 1.29 is 9.47 Å². The highest BCUT2D eigenvalue weighted by Gasteiger charge is 2.04. The molecule has 2 aromatic carbocycles. The van der Waals surface area contributed by atoms with E-state index in [9.17, 15) is 0 Å². The fourth-order valence-corrected chi connectivity index (χ4v) is 2.61. The fraction of sp³-hybridized carbons (Fsp3) is 0.350. The molecule has 0 aromatic heterocycles. The molecule has 0 radical (unpaired) electrons. The van der Waals surface area contributed by atoms with Crippen LogP contribution in [0.3, 0.4) is 0 Å². The van der Waals surface area contributed by atoms with Crippen LogP contribution in [0.2, 0.25) is 0 Å². The molecule has 6 heteroatoms. The van der Waals surface area contributed by atoms with Crippen LogP contribution in [0.5, 0.6) is 11.5 Å². The monoisotopic (exact) mass is 469 g/mol. The summed E-state index contributed by atoms with van der Waals surface area (Å²) in [7, 11) is 5.15. The smallest absolute Gasteiger partial charge is 0.191 e. The molecule has 0 atom stereocenters. The van der Waals surface area contributed by atoms with Crippen molar-refractivity contribution in [2.45, 2.75) is 19.9 Å². The van der Waals surface area contributed by atoms with Gasteiger partial charge >= 0.3 is 0 Å². The van der Waals surface area contributed by atoms with Crippen LogP contribution >= 0.6 is 24.0 Å². The van der Waals surface area contributed by atoms with E-state index in [1.807, 2.05) is 24.3 Å². The number of benzene rings is 2. The number of nitrogens with one attached hydrogen (secondary N) is 2. The number of aryl methyl sites for hydroxylation is 1. The Morgan fingerprint density at radius 3 is 2.54 bits per heavy atom. The predicted octanol–water partition coefficient (Wildman–Crippen LogP) is 3.54. The van der Waals surface area contributed by atoms with Gasteiger partial charge in [-0.2, -0.15) is 0 Å². The van der Waals surface area contributed by atoms with E-state index in [4.69, 9.17) is 9.47 Å². The molecular formula is C20H28IN3O2. The molecule has 0 fully saturated rings. The Morgan fingerprint density at radius 1 is 1.04 bits per heavy atom. The number of methoxy groups -OCH3 is 2. The second kappa shape index (κ2) is 11.6. The van der Waals surface area contributed by atoms with Gasteiger partial charge in [-0.3, -0.25) is 4.99 Å². The summed E-state index contributed by atoms with van der Waals surface area (Å²) >= 11 is 0. The third-order valence-electron chi connectivity index (χ3n) is 3.94. The highest BCUT2D eigenvalue weighted by atomic mass is 127. The van der Waals surface area contributed by atoms with Crippen LogP contribution in [0, 0.1) is 6.92 Å². The van der Waals surface area contributed by atoms with Crippen LogP contribution in [0.1, 0.15) is 16.7 Å². The van der Waals surface area contributed by atoms with Gasteiger partial charge in [0.15, 0.2) is 5.96 Å². The van der Waals surface area contributed by atoms with Gasteiger partial charge in [-0.1, -0.05) is 29.8 Å². The van der Waals surface area contributed by atoms with Crippen LogP contribution < -0.4 is 20.1 Å². The zero-order valence-corrected chi connectivity index (χ0v) is 18.2. The minimum Gasteiger partial charge on any atom is -0.497 e. The average molecular weight is 469 g/mol. The Kier molecular flexibility index (Phi) is 9.87. The molecule has 0 bridgehead atoms. The van der Waals surface area contributed by atoms with Crippen molar-refractivity contribution in [3.63, 3.8) is 0 Å². The maximum atomic E-state index is 5.43. The molecule has 0 unspecified atom stereocenters. The third kappa shape index (κ3) is 6.74. The van der Waals surface area contributed by atoms with Crippen LogP contribution in [0.4, 0.5) is 0 Å². The van der Waals surface area contributed by atoms with Gasteiger partial charge in [-0.05, 0) is 42.7 Å². The molecule has 0 aliphatic heterocycles. The molecule has 0 aliphatic carbocycles. The number of hydrogen-bond acceptors (Lipinski definition) is 3.